The summed E-state index contributed by atoms with van der Waals surface area (Å²) in [6, 6.07) is -0.418. The van der Waals surface area contributed by atoms with Crippen molar-refractivity contribution in [1.82, 2.24) is 4.90 Å². The summed E-state index contributed by atoms with van der Waals surface area (Å²) in [7, 11) is 0. The van der Waals surface area contributed by atoms with Crippen molar-refractivity contribution in [2.75, 3.05) is 6.54 Å². The van der Waals surface area contributed by atoms with Gasteiger partial charge in [-0.2, -0.15) is 4.79 Å². The van der Waals surface area contributed by atoms with Gasteiger partial charge in [-0.15, -0.1) is 6.58 Å². The van der Waals surface area contributed by atoms with Crippen LogP contribution >= 0.6 is 0 Å². The van der Waals surface area contributed by atoms with Gasteiger partial charge >= 0.3 is 5.91 Å². The Morgan fingerprint density at radius 2 is 2.05 bits per heavy atom. The van der Waals surface area contributed by atoms with Gasteiger partial charge in [0.1, 0.15) is 0 Å². The van der Waals surface area contributed by atoms with Crippen molar-refractivity contribution in [2.24, 2.45) is 0 Å². The number of rotatable bonds is 8. The third kappa shape index (κ3) is 4.86. The maximum absolute atomic E-state index is 12.0. The number of carbonyl (C=O) groups excluding carboxylic acids is 2. The molecule has 1 saturated heterocycles. The van der Waals surface area contributed by atoms with Crippen LogP contribution in [-0.2, 0) is 9.59 Å². The van der Waals surface area contributed by atoms with Crippen molar-refractivity contribution >= 4 is 11.8 Å². The lowest BCUT2D eigenvalue weighted by atomic mass is 10.1. The Kier molecular flexibility index (Phi) is 6.88. The number of likely N-dealkylation sites (tertiary alicyclic amines) is 1. The Balaban J connectivity index is 2.27. The van der Waals surface area contributed by atoms with E-state index in [-0.39, 0.29) is 11.8 Å². The fourth-order valence-corrected chi connectivity index (χ4v) is 2.47. The van der Waals surface area contributed by atoms with E-state index in [4.69, 9.17) is 6.57 Å². The summed E-state index contributed by atoms with van der Waals surface area (Å²) in [5.74, 6) is -0.319. The van der Waals surface area contributed by atoms with Gasteiger partial charge in [0.25, 0.3) is 6.57 Å². The molecule has 0 saturated carbocycles. The average Bonchev–Trinajstić information content (AvgIpc) is 2.91. The molecule has 19 heavy (non-hydrogen) atoms. The molecule has 0 bridgehead atoms. The first-order valence-corrected chi connectivity index (χ1v) is 7.06. The Morgan fingerprint density at radius 1 is 1.32 bits per heavy atom. The number of amides is 2. The summed E-state index contributed by atoms with van der Waals surface area (Å²) >= 11 is 0. The zero-order valence-electron chi connectivity index (χ0n) is 11.5. The number of nitrogens with zero attached hydrogens (tertiary/aromatic N) is 2. The minimum atomic E-state index is -0.418. The number of carbonyl (C=O) groups is 2. The van der Waals surface area contributed by atoms with E-state index in [1.165, 1.54) is 0 Å². The highest BCUT2D eigenvalue weighted by Crippen LogP contribution is 2.20. The molecule has 0 radical (unpaired) electrons. The smallest absolute Gasteiger partial charge is 0.325 e. The predicted molar refractivity (Wildman–Crippen MR) is 75.9 cm³/mol. The highest BCUT2D eigenvalue weighted by molar-refractivity contribution is 5.94. The molecule has 0 aromatic rings. The topological polar surface area (TPSA) is 41.7 Å². The standard InChI is InChI=1S/C15H23N2O2/c1-3-4-5-6-7-8-11-14(18)17-12-9-10-13(17)15(19)16-2/h2-3,13H,1,4-12H2/q+1/t13-/m0/s1. The molecule has 1 rings (SSSR count). The lowest BCUT2D eigenvalue weighted by Crippen LogP contribution is -2.39. The molecule has 0 aromatic heterocycles. The molecule has 0 N–H and O–H groups in total. The molecule has 0 spiro atoms. The van der Waals surface area contributed by atoms with E-state index in [0.29, 0.717) is 19.4 Å². The number of unbranched alkanes of at least 4 members (excludes halogenated alkanes) is 4. The quantitative estimate of drug-likeness (QED) is 0.499. The summed E-state index contributed by atoms with van der Waals surface area (Å²) < 4.78 is 0. The second-order valence-electron chi connectivity index (χ2n) is 4.95. The number of hydrogen-bond acceptors (Lipinski definition) is 2. The van der Waals surface area contributed by atoms with Crippen LogP contribution in [0.2, 0.25) is 0 Å². The maximum atomic E-state index is 12.0. The van der Waals surface area contributed by atoms with E-state index in [0.717, 1.165) is 38.5 Å². The summed E-state index contributed by atoms with van der Waals surface area (Å²) in [6.07, 6.45) is 9.20. The lowest BCUT2D eigenvalue weighted by molar-refractivity contribution is -0.136. The molecule has 1 aliphatic rings. The van der Waals surface area contributed by atoms with Crippen molar-refractivity contribution < 1.29 is 9.59 Å². The van der Waals surface area contributed by atoms with Crippen LogP contribution in [0.5, 0.6) is 0 Å². The van der Waals surface area contributed by atoms with Gasteiger partial charge in [-0.05, 0) is 32.1 Å². The van der Waals surface area contributed by atoms with E-state index >= 15 is 0 Å². The molecule has 1 aliphatic heterocycles. The van der Waals surface area contributed by atoms with Crippen molar-refractivity contribution in [3.63, 3.8) is 0 Å². The Morgan fingerprint density at radius 3 is 2.74 bits per heavy atom. The van der Waals surface area contributed by atoms with Crippen LogP contribution in [0.4, 0.5) is 0 Å². The van der Waals surface area contributed by atoms with Crippen LogP contribution < -0.4 is 0 Å². The van der Waals surface area contributed by atoms with Crippen LogP contribution in [0.25, 0.3) is 4.85 Å². The van der Waals surface area contributed by atoms with Gasteiger partial charge in [-0.1, -0.05) is 18.9 Å². The monoisotopic (exact) mass is 263 g/mol. The molecule has 0 aliphatic carbocycles. The highest BCUT2D eigenvalue weighted by atomic mass is 16.2. The normalized spacial score (nSPS) is 18.1. The van der Waals surface area contributed by atoms with Crippen LogP contribution in [0.3, 0.4) is 0 Å². The van der Waals surface area contributed by atoms with Gasteiger partial charge in [0.05, 0.1) is 0 Å². The Hall–Kier alpha value is -1.63. The van der Waals surface area contributed by atoms with E-state index in [1.807, 2.05) is 6.08 Å². The molecular weight excluding hydrogens is 240 g/mol. The summed E-state index contributed by atoms with van der Waals surface area (Å²) in [4.78, 5) is 28.4. The van der Waals surface area contributed by atoms with Gasteiger partial charge in [0.2, 0.25) is 5.91 Å². The molecule has 1 atom stereocenters. The van der Waals surface area contributed by atoms with E-state index < -0.39 is 6.04 Å². The molecule has 0 aromatic carbocycles. The largest absolute Gasteiger partial charge is 0.537 e. The van der Waals surface area contributed by atoms with Crippen LogP contribution in [0.15, 0.2) is 12.7 Å². The molecular formula is C15H23N2O2+. The Bertz CT molecular complexity index is 371. The van der Waals surface area contributed by atoms with E-state index in [1.54, 1.807) is 4.90 Å². The fraction of sp³-hybridized carbons (Fsp3) is 0.667. The van der Waals surface area contributed by atoms with Gasteiger partial charge in [0.15, 0.2) is 6.04 Å². The van der Waals surface area contributed by atoms with Crippen LogP contribution in [0.1, 0.15) is 51.4 Å². The van der Waals surface area contributed by atoms with Gasteiger partial charge in [0, 0.05) is 17.8 Å². The highest BCUT2D eigenvalue weighted by Gasteiger charge is 2.39. The zero-order chi connectivity index (χ0) is 14.1. The third-order valence-electron chi connectivity index (χ3n) is 3.53. The maximum Gasteiger partial charge on any atom is 0.537 e. The lowest BCUT2D eigenvalue weighted by Gasteiger charge is -2.18. The minimum absolute atomic E-state index is 0.0585. The second-order valence-corrected chi connectivity index (χ2v) is 4.95. The number of hydrogen-bond donors (Lipinski definition) is 0. The molecule has 104 valence electrons. The van der Waals surface area contributed by atoms with Gasteiger partial charge in [-0.25, -0.2) is 0 Å². The molecule has 0 unspecified atom stereocenters. The number of allylic oxidation sites excluding steroid dienone is 1. The van der Waals surface area contributed by atoms with Crippen LogP contribution in [0, 0.1) is 6.57 Å². The molecule has 1 fully saturated rings. The first-order valence-electron chi connectivity index (χ1n) is 7.06. The zero-order valence-corrected chi connectivity index (χ0v) is 11.5. The minimum Gasteiger partial charge on any atom is -0.325 e. The summed E-state index contributed by atoms with van der Waals surface area (Å²) in [6.45, 7) is 9.35. The third-order valence-corrected chi connectivity index (χ3v) is 3.53. The fourth-order valence-electron chi connectivity index (χ4n) is 2.47. The van der Waals surface area contributed by atoms with Crippen LogP contribution in [-0.4, -0.2) is 29.3 Å². The van der Waals surface area contributed by atoms with Gasteiger partial charge < -0.3 is 4.90 Å². The van der Waals surface area contributed by atoms with Crippen molar-refractivity contribution in [3.8, 4) is 6.57 Å². The SMILES string of the molecule is C#[N+]C(=O)[C@@H]1CCCN1C(=O)CCCCCCC=C. The van der Waals surface area contributed by atoms with Crippen molar-refractivity contribution in [3.05, 3.63) is 17.5 Å². The Labute approximate surface area is 115 Å². The summed E-state index contributed by atoms with van der Waals surface area (Å²) in [5, 5.41) is 0. The molecule has 4 heteroatoms. The average molecular weight is 263 g/mol. The molecule has 4 nitrogen and oxygen atoms in total. The predicted octanol–water partition coefficient (Wildman–Crippen LogP) is 2.99. The van der Waals surface area contributed by atoms with Crippen molar-refractivity contribution in [2.45, 2.75) is 57.4 Å². The second kappa shape index (κ2) is 8.47. The van der Waals surface area contributed by atoms with Gasteiger partial charge in [-0.3, -0.25) is 4.79 Å². The first-order chi connectivity index (χ1) is 9.20. The van der Waals surface area contributed by atoms with E-state index in [9.17, 15) is 9.59 Å². The summed E-state index contributed by atoms with van der Waals surface area (Å²) in [5.41, 5.74) is 0. The first kappa shape index (κ1) is 15.4. The van der Waals surface area contributed by atoms with E-state index in [2.05, 4.69) is 11.4 Å². The molecule has 1 heterocycles. The molecule has 2 amide bonds. The van der Waals surface area contributed by atoms with Crippen molar-refractivity contribution in [1.29, 1.82) is 0 Å².